The summed E-state index contributed by atoms with van der Waals surface area (Å²) in [5.74, 6) is -1.65. The van der Waals surface area contributed by atoms with Crippen LogP contribution in [0.4, 0.5) is 8.78 Å². The van der Waals surface area contributed by atoms with E-state index < -0.39 is 17.4 Å². The first kappa shape index (κ1) is 15.6. The number of fused-ring (bicyclic) bond motifs is 1. The van der Waals surface area contributed by atoms with E-state index in [4.69, 9.17) is 6.57 Å². The topological polar surface area (TPSA) is 50.1 Å². The number of H-pyrrole nitrogens is 1. The monoisotopic (exact) mass is 323 g/mol. The number of nitrogens with zero attached hydrogens (tertiary/aromatic N) is 2. The van der Waals surface area contributed by atoms with E-state index in [-0.39, 0.29) is 16.8 Å². The Morgan fingerprint density at radius 1 is 1.25 bits per heavy atom. The Hall–Kier alpha value is -3.33. The molecule has 0 saturated heterocycles. The predicted molar refractivity (Wildman–Crippen MR) is 86.1 cm³/mol. The molecule has 1 heterocycles. The Labute approximate surface area is 136 Å². The van der Waals surface area contributed by atoms with Crippen LogP contribution < -0.4 is 0 Å². The minimum absolute atomic E-state index is 0.119. The lowest BCUT2D eigenvalue weighted by Crippen LogP contribution is -2.01. The van der Waals surface area contributed by atoms with Crippen LogP contribution in [0.2, 0.25) is 0 Å². The maximum absolute atomic E-state index is 14.2. The molecule has 0 aliphatic carbocycles. The molecule has 3 aromatic rings. The first-order valence-corrected chi connectivity index (χ1v) is 7.03. The van der Waals surface area contributed by atoms with E-state index in [0.717, 1.165) is 17.8 Å². The summed E-state index contributed by atoms with van der Waals surface area (Å²) in [6.07, 6.45) is 1.19. The average molecular weight is 323 g/mol. The molecule has 1 N–H and O–H groups in total. The standard InChI is InChI=1S/C18H11F2N3O/c1-10-14-7-12(15(20)9-16(14)23-22-10)8-17(21-2)18(24)11-3-5-13(19)6-4-11/h3-9H,1H3,(H,22,23)/b17-8-. The van der Waals surface area contributed by atoms with Gasteiger partial charge in [0.2, 0.25) is 5.70 Å². The van der Waals surface area contributed by atoms with Crippen LogP contribution in [-0.4, -0.2) is 16.0 Å². The van der Waals surface area contributed by atoms with Gasteiger partial charge in [0.25, 0.3) is 0 Å². The summed E-state index contributed by atoms with van der Waals surface area (Å²) in [7, 11) is 0. The van der Waals surface area contributed by atoms with Crippen LogP contribution in [0.25, 0.3) is 21.8 Å². The number of rotatable bonds is 3. The van der Waals surface area contributed by atoms with Crippen LogP contribution in [-0.2, 0) is 0 Å². The SMILES string of the molecule is [C-]#[N+]/C(=C\c1cc2c(C)[nH]nc2cc1F)C(=O)c1ccc(F)cc1. The highest BCUT2D eigenvalue weighted by atomic mass is 19.1. The summed E-state index contributed by atoms with van der Waals surface area (Å²) in [4.78, 5) is 15.5. The number of allylic oxidation sites excluding steroid dienone is 1. The van der Waals surface area contributed by atoms with E-state index in [1.807, 2.05) is 0 Å². The summed E-state index contributed by atoms with van der Waals surface area (Å²) >= 11 is 0. The molecule has 0 amide bonds. The van der Waals surface area contributed by atoms with Crippen LogP contribution in [0, 0.1) is 25.1 Å². The molecule has 4 nitrogen and oxygen atoms in total. The van der Waals surface area contributed by atoms with E-state index in [9.17, 15) is 13.6 Å². The lowest BCUT2D eigenvalue weighted by Gasteiger charge is -2.02. The van der Waals surface area contributed by atoms with Crippen LogP contribution in [0.15, 0.2) is 42.1 Å². The fourth-order valence-corrected chi connectivity index (χ4v) is 2.33. The van der Waals surface area contributed by atoms with Gasteiger partial charge in [0.05, 0.1) is 12.1 Å². The zero-order chi connectivity index (χ0) is 17.3. The van der Waals surface area contributed by atoms with E-state index >= 15 is 0 Å². The normalized spacial score (nSPS) is 11.5. The molecule has 0 atom stereocenters. The maximum atomic E-state index is 14.2. The smallest absolute Gasteiger partial charge is 0.234 e. The Morgan fingerprint density at radius 3 is 2.62 bits per heavy atom. The fraction of sp³-hybridized carbons (Fsp3) is 0.0556. The van der Waals surface area contributed by atoms with Gasteiger partial charge in [-0.2, -0.15) is 5.10 Å². The van der Waals surface area contributed by atoms with E-state index in [1.165, 1.54) is 30.3 Å². The number of aryl methyl sites for hydroxylation is 1. The second-order valence-corrected chi connectivity index (χ2v) is 5.22. The molecular formula is C18H11F2N3O. The highest BCUT2D eigenvalue weighted by Gasteiger charge is 2.15. The van der Waals surface area contributed by atoms with Crippen molar-refractivity contribution in [1.29, 1.82) is 0 Å². The van der Waals surface area contributed by atoms with Crippen molar-refractivity contribution in [2.75, 3.05) is 0 Å². The van der Waals surface area contributed by atoms with Crippen LogP contribution in [0.5, 0.6) is 0 Å². The highest BCUT2D eigenvalue weighted by Crippen LogP contribution is 2.23. The van der Waals surface area contributed by atoms with Gasteiger partial charge in [-0.25, -0.2) is 13.6 Å². The molecular weight excluding hydrogens is 312 g/mol. The van der Waals surface area contributed by atoms with Gasteiger partial charge in [0.15, 0.2) is 5.78 Å². The summed E-state index contributed by atoms with van der Waals surface area (Å²) in [6, 6.07) is 7.63. The van der Waals surface area contributed by atoms with Crippen molar-refractivity contribution < 1.29 is 13.6 Å². The molecule has 1 aromatic heterocycles. The molecule has 0 fully saturated rings. The molecule has 2 aromatic carbocycles. The van der Waals surface area contributed by atoms with Crippen molar-refractivity contribution in [3.05, 3.63) is 82.0 Å². The van der Waals surface area contributed by atoms with Crippen molar-refractivity contribution in [2.24, 2.45) is 0 Å². The Kier molecular flexibility index (Phi) is 3.92. The largest absolute Gasteiger partial charge is 0.302 e. The molecule has 0 bridgehead atoms. The number of hydrogen-bond acceptors (Lipinski definition) is 2. The minimum Gasteiger partial charge on any atom is -0.302 e. The number of carbonyl (C=O) groups is 1. The molecule has 0 aliphatic rings. The van der Waals surface area contributed by atoms with Crippen LogP contribution >= 0.6 is 0 Å². The number of halogens is 2. The molecule has 0 radical (unpaired) electrons. The zero-order valence-corrected chi connectivity index (χ0v) is 12.6. The van der Waals surface area contributed by atoms with Gasteiger partial charge in [-0.3, -0.25) is 5.10 Å². The van der Waals surface area contributed by atoms with E-state index in [1.54, 1.807) is 6.92 Å². The second-order valence-electron chi connectivity index (χ2n) is 5.22. The van der Waals surface area contributed by atoms with Crippen molar-refractivity contribution in [1.82, 2.24) is 10.2 Å². The number of Topliss-reactive ketones (excluding diaryl/α,β-unsaturated/α-hetero) is 1. The first-order chi connectivity index (χ1) is 11.5. The summed E-state index contributed by atoms with van der Waals surface area (Å²) < 4.78 is 27.1. The number of aromatic amines is 1. The third kappa shape index (κ3) is 2.79. The summed E-state index contributed by atoms with van der Waals surface area (Å²) in [6.45, 7) is 8.99. The highest BCUT2D eigenvalue weighted by molar-refractivity contribution is 6.12. The quantitative estimate of drug-likeness (QED) is 0.444. The Balaban J connectivity index is 2.06. The van der Waals surface area contributed by atoms with E-state index in [0.29, 0.717) is 10.9 Å². The third-order valence-corrected chi connectivity index (χ3v) is 3.61. The molecule has 0 spiro atoms. The van der Waals surface area contributed by atoms with Gasteiger partial charge >= 0.3 is 0 Å². The predicted octanol–water partition coefficient (Wildman–Crippen LogP) is 4.29. The number of nitrogens with one attached hydrogen (secondary N) is 1. The molecule has 24 heavy (non-hydrogen) atoms. The fourth-order valence-electron chi connectivity index (χ4n) is 2.33. The van der Waals surface area contributed by atoms with Gasteiger partial charge in [0.1, 0.15) is 11.6 Å². The van der Waals surface area contributed by atoms with Crippen molar-refractivity contribution in [3.63, 3.8) is 0 Å². The molecule has 0 saturated carbocycles. The lowest BCUT2D eigenvalue weighted by molar-refractivity contribution is 0.103. The van der Waals surface area contributed by atoms with Gasteiger partial charge in [-0.1, -0.05) is 0 Å². The summed E-state index contributed by atoms with van der Waals surface area (Å²) in [5.41, 5.74) is 1.26. The number of aromatic nitrogens is 2. The van der Waals surface area contributed by atoms with Gasteiger partial charge in [0, 0.05) is 28.3 Å². The lowest BCUT2D eigenvalue weighted by atomic mass is 10.0. The van der Waals surface area contributed by atoms with Crippen molar-refractivity contribution in [2.45, 2.75) is 6.92 Å². The Bertz CT molecular complexity index is 1010. The van der Waals surface area contributed by atoms with Crippen LogP contribution in [0.3, 0.4) is 0 Å². The number of hydrogen-bond donors (Lipinski definition) is 1. The van der Waals surface area contributed by atoms with Gasteiger partial charge < -0.3 is 4.79 Å². The zero-order valence-electron chi connectivity index (χ0n) is 12.6. The van der Waals surface area contributed by atoms with Gasteiger partial charge in [-0.05, 0) is 43.3 Å². The number of ketones is 1. The van der Waals surface area contributed by atoms with Crippen LogP contribution in [0.1, 0.15) is 21.6 Å². The maximum Gasteiger partial charge on any atom is 0.234 e. The third-order valence-electron chi connectivity index (χ3n) is 3.61. The molecule has 118 valence electrons. The molecule has 6 heteroatoms. The molecule has 3 rings (SSSR count). The Morgan fingerprint density at radius 2 is 1.96 bits per heavy atom. The number of carbonyl (C=O) groups excluding carboxylic acids is 1. The number of benzene rings is 2. The van der Waals surface area contributed by atoms with Gasteiger partial charge in [-0.15, -0.1) is 0 Å². The van der Waals surface area contributed by atoms with Crippen molar-refractivity contribution >= 4 is 22.8 Å². The molecule has 0 unspecified atom stereocenters. The minimum atomic E-state index is -0.589. The van der Waals surface area contributed by atoms with Crippen molar-refractivity contribution in [3.8, 4) is 0 Å². The molecule has 0 aliphatic heterocycles. The van der Waals surface area contributed by atoms with E-state index in [2.05, 4.69) is 15.0 Å². The second kappa shape index (κ2) is 6.05. The summed E-state index contributed by atoms with van der Waals surface area (Å²) in [5, 5.41) is 7.42. The average Bonchev–Trinajstić information content (AvgIpc) is 2.93. The first-order valence-electron chi connectivity index (χ1n) is 7.03.